The van der Waals surface area contributed by atoms with Gasteiger partial charge in [-0.15, -0.1) is 0 Å². The van der Waals surface area contributed by atoms with E-state index >= 15 is 0 Å². The van der Waals surface area contributed by atoms with Crippen LogP contribution in [0.1, 0.15) is 107 Å². The molecule has 0 saturated heterocycles. The van der Waals surface area contributed by atoms with Crippen molar-refractivity contribution in [1.82, 2.24) is 0 Å². The van der Waals surface area contributed by atoms with Crippen LogP contribution in [-0.2, 0) is 9.47 Å². The van der Waals surface area contributed by atoms with Crippen LogP contribution < -0.4 is 0 Å². The summed E-state index contributed by atoms with van der Waals surface area (Å²) >= 11 is 0. The molecule has 170 valence electrons. The van der Waals surface area contributed by atoms with Crippen LogP contribution in [0.3, 0.4) is 0 Å². The van der Waals surface area contributed by atoms with Crippen molar-refractivity contribution in [2.24, 2.45) is 17.8 Å². The number of rotatable bonds is 15. The summed E-state index contributed by atoms with van der Waals surface area (Å²) in [7, 11) is 0. The first-order chi connectivity index (χ1) is 14.4. The normalized spacial score (nSPS) is 14.0. The molecule has 0 saturated carbocycles. The second-order valence-electron chi connectivity index (χ2n) is 8.90. The molecule has 0 radical (unpaired) electrons. The first-order valence-electron chi connectivity index (χ1n) is 11.8. The number of benzene rings is 1. The van der Waals surface area contributed by atoms with Crippen LogP contribution in [0, 0.1) is 17.8 Å². The zero-order valence-electron chi connectivity index (χ0n) is 19.7. The van der Waals surface area contributed by atoms with Crippen molar-refractivity contribution in [3.05, 3.63) is 35.4 Å². The van der Waals surface area contributed by atoms with Gasteiger partial charge in [-0.05, 0) is 49.1 Å². The minimum absolute atomic E-state index is 0.284. The maximum Gasteiger partial charge on any atom is 0.339 e. The van der Waals surface area contributed by atoms with E-state index in [2.05, 4.69) is 34.6 Å². The van der Waals surface area contributed by atoms with E-state index in [0.717, 1.165) is 32.1 Å². The molecule has 0 aliphatic heterocycles. The summed E-state index contributed by atoms with van der Waals surface area (Å²) in [6, 6.07) is 6.76. The fourth-order valence-electron chi connectivity index (χ4n) is 3.68. The van der Waals surface area contributed by atoms with E-state index in [1.54, 1.807) is 24.3 Å². The Hall–Kier alpha value is -1.84. The molecule has 3 unspecified atom stereocenters. The van der Waals surface area contributed by atoms with E-state index in [1.165, 1.54) is 19.3 Å². The largest absolute Gasteiger partial charge is 0.462 e. The summed E-state index contributed by atoms with van der Waals surface area (Å²) in [5.74, 6) is 0.617. The Kier molecular flexibility index (Phi) is 13.1. The highest BCUT2D eigenvalue weighted by Gasteiger charge is 2.20. The molecule has 0 aliphatic carbocycles. The van der Waals surface area contributed by atoms with E-state index in [9.17, 15) is 9.59 Å². The molecule has 0 fully saturated rings. The van der Waals surface area contributed by atoms with E-state index in [-0.39, 0.29) is 11.1 Å². The van der Waals surface area contributed by atoms with Gasteiger partial charge in [0, 0.05) is 0 Å². The third kappa shape index (κ3) is 10.3. The first kappa shape index (κ1) is 26.2. The van der Waals surface area contributed by atoms with Crippen LogP contribution in [0.25, 0.3) is 0 Å². The van der Waals surface area contributed by atoms with Crippen molar-refractivity contribution in [3.63, 3.8) is 0 Å². The molecule has 0 heterocycles. The molecule has 30 heavy (non-hydrogen) atoms. The van der Waals surface area contributed by atoms with Gasteiger partial charge in [-0.25, -0.2) is 9.59 Å². The maximum atomic E-state index is 12.6. The van der Waals surface area contributed by atoms with Crippen LogP contribution in [0.2, 0.25) is 0 Å². The van der Waals surface area contributed by atoms with E-state index in [4.69, 9.17) is 9.47 Å². The Labute approximate surface area is 183 Å². The number of carbonyl (C=O) groups excluding carboxylic acids is 2. The summed E-state index contributed by atoms with van der Waals surface area (Å²) in [5.41, 5.74) is 0.569. The van der Waals surface area contributed by atoms with Crippen molar-refractivity contribution in [2.75, 3.05) is 13.2 Å². The molecule has 0 bridgehead atoms. The highest BCUT2D eigenvalue weighted by Crippen LogP contribution is 2.20. The van der Waals surface area contributed by atoms with Gasteiger partial charge in [-0.1, -0.05) is 78.9 Å². The van der Waals surface area contributed by atoms with E-state index in [1.807, 2.05) is 0 Å². The minimum Gasteiger partial charge on any atom is -0.462 e. The number of esters is 2. The predicted molar refractivity (Wildman–Crippen MR) is 123 cm³/mol. The lowest BCUT2D eigenvalue weighted by Gasteiger charge is -2.17. The van der Waals surface area contributed by atoms with E-state index in [0.29, 0.717) is 31.0 Å². The van der Waals surface area contributed by atoms with Gasteiger partial charge in [0.15, 0.2) is 0 Å². The van der Waals surface area contributed by atoms with Crippen LogP contribution in [-0.4, -0.2) is 25.2 Å². The molecule has 0 amide bonds. The van der Waals surface area contributed by atoms with Crippen molar-refractivity contribution in [1.29, 1.82) is 0 Å². The van der Waals surface area contributed by atoms with Crippen LogP contribution in [0.15, 0.2) is 24.3 Å². The fourth-order valence-corrected chi connectivity index (χ4v) is 3.68. The zero-order chi connectivity index (χ0) is 22.4. The zero-order valence-corrected chi connectivity index (χ0v) is 19.7. The van der Waals surface area contributed by atoms with Crippen molar-refractivity contribution in [3.8, 4) is 0 Å². The highest BCUT2D eigenvalue weighted by atomic mass is 16.5. The van der Waals surface area contributed by atoms with Gasteiger partial charge in [0.1, 0.15) is 0 Å². The third-order valence-electron chi connectivity index (χ3n) is 5.62. The Morgan fingerprint density at radius 2 is 1.27 bits per heavy atom. The molecular weight excluding hydrogens is 376 g/mol. The van der Waals surface area contributed by atoms with Gasteiger partial charge >= 0.3 is 11.9 Å². The molecule has 0 aromatic heterocycles. The molecule has 1 aromatic carbocycles. The second kappa shape index (κ2) is 15.0. The number of carbonyl (C=O) groups is 2. The average Bonchev–Trinajstić information content (AvgIpc) is 2.74. The average molecular weight is 419 g/mol. The fraction of sp³-hybridized carbons (Fsp3) is 0.692. The monoisotopic (exact) mass is 418 g/mol. The molecule has 0 spiro atoms. The third-order valence-corrected chi connectivity index (χ3v) is 5.62. The molecule has 0 N–H and O–H groups in total. The van der Waals surface area contributed by atoms with Crippen molar-refractivity contribution in [2.45, 2.75) is 86.0 Å². The Morgan fingerprint density at radius 1 is 0.767 bits per heavy atom. The SMILES string of the molecule is CCCCC(C)COC(=O)c1ccccc1C(=O)OCCC(C)CC(C)CCCC. The number of hydrogen-bond acceptors (Lipinski definition) is 4. The summed E-state index contributed by atoms with van der Waals surface area (Å²) in [6.45, 7) is 11.7. The summed E-state index contributed by atoms with van der Waals surface area (Å²) in [4.78, 5) is 25.1. The Morgan fingerprint density at radius 3 is 1.83 bits per heavy atom. The second-order valence-corrected chi connectivity index (χ2v) is 8.90. The van der Waals surface area contributed by atoms with E-state index < -0.39 is 11.9 Å². The van der Waals surface area contributed by atoms with Crippen molar-refractivity contribution < 1.29 is 19.1 Å². The lowest BCUT2D eigenvalue weighted by molar-refractivity contribution is 0.0411. The molecular formula is C26H42O4. The Balaban J connectivity index is 2.52. The maximum absolute atomic E-state index is 12.6. The summed E-state index contributed by atoms with van der Waals surface area (Å²) < 4.78 is 10.9. The van der Waals surface area contributed by atoms with Gasteiger partial charge in [-0.2, -0.15) is 0 Å². The van der Waals surface area contributed by atoms with Gasteiger partial charge < -0.3 is 9.47 Å². The Bertz CT molecular complexity index is 625. The number of hydrogen-bond donors (Lipinski definition) is 0. The summed E-state index contributed by atoms with van der Waals surface area (Å²) in [6.07, 6.45) is 9.03. The van der Waals surface area contributed by atoms with Gasteiger partial charge in [0.2, 0.25) is 0 Å². The van der Waals surface area contributed by atoms with Gasteiger partial charge in [0.25, 0.3) is 0 Å². The first-order valence-corrected chi connectivity index (χ1v) is 11.8. The lowest BCUT2D eigenvalue weighted by Crippen LogP contribution is -2.17. The molecule has 1 aromatic rings. The van der Waals surface area contributed by atoms with Crippen LogP contribution in [0.4, 0.5) is 0 Å². The quantitative estimate of drug-likeness (QED) is 0.286. The van der Waals surface area contributed by atoms with Gasteiger partial charge in [0.05, 0.1) is 24.3 Å². The molecule has 3 atom stereocenters. The van der Waals surface area contributed by atoms with Crippen LogP contribution >= 0.6 is 0 Å². The predicted octanol–water partition coefficient (Wildman–Crippen LogP) is 7.07. The topological polar surface area (TPSA) is 52.6 Å². The minimum atomic E-state index is -0.455. The number of unbranched alkanes of at least 4 members (excludes halogenated alkanes) is 2. The molecule has 4 heteroatoms. The van der Waals surface area contributed by atoms with Gasteiger partial charge in [-0.3, -0.25) is 0 Å². The standard InChI is InChI=1S/C26H42O4/c1-6-8-12-20(3)18-21(4)16-17-29-25(27)23-14-10-11-15-24(23)26(28)30-19-22(5)13-9-7-2/h10-11,14-15,20-22H,6-9,12-13,16-19H2,1-5H3. The summed E-state index contributed by atoms with van der Waals surface area (Å²) in [5, 5.41) is 0. The molecule has 1 rings (SSSR count). The van der Waals surface area contributed by atoms with Crippen molar-refractivity contribution >= 4 is 11.9 Å². The highest BCUT2D eigenvalue weighted by molar-refractivity contribution is 6.03. The van der Waals surface area contributed by atoms with Crippen LogP contribution in [0.5, 0.6) is 0 Å². The molecule has 0 aliphatic rings. The molecule has 4 nitrogen and oxygen atoms in total. The smallest absolute Gasteiger partial charge is 0.339 e. The number of ether oxygens (including phenoxy) is 2. The lowest BCUT2D eigenvalue weighted by atomic mass is 9.91.